The zero-order chi connectivity index (χ0) is 25.7. The average Bonchev–Trinajstić information content (AvgIpc) is 3.12. The van der Waals surface area contributed by atoms with E-state index in [2.05, 4.69) is 5.32 Å². The van der Waals surface area contributed by atoms with Crippen LogP contribution in [0.25, 0.3) is 6.08 Å². The Morgan fingerprint density at radius 2 is 1.75 bits per heavy atom. The smallest absolute Gasteiger partial charge is 0.293 e. The maximum absolute atomic E-state index is 12.9. The second kappa shape index (κ2) is 11.5. The summed E-state index contributed by atoms with van der Waals surface area (Å²) in [4.78, 5) is 39.1. The fourth-order valence-electron chi connectivity index (χ4n) is 3.40. The van der Waals surface area contributed by atoms with Crippen molar-refractivity contribution in [1.82, 2.24) is 4.90 Å². The number of carbonyl (C=O) groups excluding carboxylic acids is 3. The van der Waals surface area contributed by atoms with Gasteiger partial charge < -0.3 is 14.8 Å². The summed E-state index contributed by atoms with van der Waals surface area (Å²) in [5, 5.41) is 2.89. The lowest BCUT2D eigenvalue weighted by molar-refractivity contribution is -0.123. The molecule has 0 spiro atoms. The molecule has 0 aliphatic carbocycles. The summed E-state index contributed by atoms with van der Waals surface area (Å²) in [6.45, 7) is -0.144. The molecule has 1 aliphatic heterocycles. The first kappa shape index (κ1) is 25.6. The van der Waals surface area contributed by atoms with E-state index in [4.69, 9.17) is 32.7 Å². The quantitative estimate of drug-likeness (QED) is 0.338. The maximum atomic E-state index is 12.9. The van der Waals surface area contributed by atoms with Crippen LogP contribution in [-0.2, 0) is 16.1 Å². The number of carbonyl (C=O) groups is 3. The number of imide groups is 1. The number of methoxy groups -OCH3 is 1. The van der Waals surface area contributed by atoms with E-state index in [1.54, 1.807) is 42.5 Å². The van der Waals surface area contributed by atoms with Crippen molar-refractivity contribution in [1.29, 1.82) is 0 Å². The van der Waals surface area contributed by atoms with Crippen LogP contribution >= 0.6 is 35.0 Å². The van der Waals surface area contributed by atoms with Gasteiger partial charge in [0.2, 0.25) is 0 Å². The van der Waals surface area contributed by atoms with Gasteiger partial charge in [-0.05, 0) is 53.2 Å². The summed E-state index contributed by atoms with van der Waals surface area (Å²) in [6, 6.07) is 19.3. The molecule has 1 heterocycles. The van der Waals surface area contributed by atoms with Crippen molar-refractivity contribution in [3.05, 3.63) is 92.8 Å². The van der Waals surface area contributed by atoms with Gasteiger partial charge in [-0.3, -0.25) is 19.3 Å². The first-order valence-electron chi connectivity index (χ1n) is 10.7. The maximum Gasteiger partial charge on any atom is 0.293 e. The molecule has 0 radical (unpaired) electrons. The molecule has 1 fully saturated rings. The van der Waals surface area contributed by atoms with Crippen molar-refractivity contribution in [2.75, 3.05) is 19.0 Å². The minimum Gasteiger partial charge on any atom is -0.493 e. The van der Waals surface area contributed by atoms with Crippen LogP contribution in [0.3, 0.4) is 0 Å². The van der Waals surface area contributed by atoms with E-state index >= 15 is 0 Å². The van der Waals surface area contributed by atoms with Gasteiger partial charge in [-0.1, -0.05) is 65.7 Å². The van der Waals surface area contributed by atoms with Gasteiger partial charge in [0.15, 0.2) is 18.1 Å². The largest absolute Gasteiger partial charge is 0.493 e. The second-order valence-electron chi connectivity index (χ2n) is 7.60. The summed E-state index contributed by atoms with van der Waals surface area (Å²) in [6.07, 6.45) is 1.57. The number of hydrogen-bond donors (Lipinski definition) is 1. The Kier molecular flexibility index (Phi) is 8.20. The number of anilines is 1. The highest BCUT2D eigenvalue weighted by Gasteiger charge is 2.35. The number of para-hydroxylation sites is 1. The molecule has 3 aromatic carbocycles. The Balaban J connectivity index is 1.47. The van der Waals surface area contributed by atoms with Crippen molar-refractivity contribution >= 4 is 63.8 Å². The molecule has 0 atom stereocenters. The molecule has 4 rings (SSSR count). The predicted molar refractivity (Wildman–Crippen MR) is 142 cm³/mol. The van der Waals surface area contributed by atoms with Gasteiger partial charge in [0.25, 0.3) is 17.1 Å². The molecule has 10 heteroatoms. The Hall–Kier alpha value is -3.46. The van der Waals surface area contributed by atoms with Crippen molar-refractivity contribution < 1.29 is 23.9 Å². The van der Waals surface area contributed by atoms with Gasteiger partial charge in [-0.15, -0.1) is 0 Å². The van der Waals surface area contributed by atoms with E-state index in [9.17, 15) is 14.4 Å². The first-order chi connectivity index (χ1) is 17.4. The number of halogens is 2. The normalized spacial score (nSPS) is 14.3. The number of nitrogens with one attached hydrogen (secondary N) is 1. The van der Waals surface area contributed by atoms with Crippen molar-refractivity contribution in [3.63, 3.8) is 0 Å². The SMILES string of the molecule is COc1cc(/C=C2\SC(=O)N(Cc3ccccc3)C2=O)cc(Cl)c1OCC(=O)Nc1ccccc1Cl. The number of ether oxygens (including phenoxy) is 2. The van der Waals surface area contributed by atoms with Crippen LogP contribution in [0.15, 0.2) is 71.6 Å². The van der Waals surface area contributed by atoms with Gasteiger partial charge in [-0.25, -0.2) is 0 Å². The molecular weight excluding hydrogens is 523 g/mol. The van der Waals surface area contributed by atoms with E-state index in [0.717, 1.165) is 17.3 Å². The molecular formula is C26H20Cl2N2O5S. The highest BCUT2D eigenvalue weighted by molar-refractivity contribution is 8.18. The Morgan fingerprint density at radius 1 is 1.03 bits per heavy atom. The van der Waals surface area contributed by atoms with Crippen LogP contribution in [0.2, 0.25) is 10.0 Å². The minimum atomic E-state index is -0.433. The van der Waals surface area contributed by atoms with Crippen molar-refractivity contribution in [2.24, 2.45) is 0 Å². The van der Waals surface area contributed by atoms with Crippen LogP contribution in [0.5, 0.6) is 11.5 Å². The Bertz CT molecular complexity index is 1350. The summed E-state index contributed by atoms with van der Waals surface area (Å²) in [5.74, 6) is -0.386. The third-order valence-corrected chi connectivity index (χ3v) is 6.62. The van der Waals surface area contributed by atoms with Crippen LogP contribution < -0.4 is 14.8 Å². The van der Waals surface area contributed by atoms with Gasteiger partial charge >= 0.3 is 0 Å². The number of thioether (sulfide) groups is 1. The molecule has 3 aromatic rings. The number of hydrogen-bond acceptors (Lipinski definition) is 6. The van der Waals surface area contributed by atoms with E-state index in [0.29, 0.717) is 16.3 Å². The third-order valence-electron chi connectivity index (χ3n) is 5.10. The van der Waals surface area contributed by atoms with Crippen LogP contribution in [0.1, 0.15) is 11.1 Å². The Morgan fingerprint density at radius 3 is 2.47 bits per heavy atom. The summed E-state index contributed by atoms with van der Waals surface area (Å²) in [7, 11) is 1.43. The van der Waals surface area contributed by atoms with E-state index in [-0.39, 0.29) is 45.7 Å². The van der Waals surface area contributed by atoms with Gasteiger partial charge in [0, 0.05) is 0 Å². The molecule has 3 amide bonds. The van der Waals surface area contributed by atoms with Crippen LogP contribution in [0, 0.1) is 0 Å². The first-order valence-corrected chi connectivity index (χ1v) is 12.3. The molecule has 7 nitrogen and oxygen atoms in total. The highest BCUT2D eigenvalue weighted by atomic mass is 35.5. The topological polar surface area (TPSA) is 84.9 Å². The number of amides is 3. The van der Waals surface area contributed by atoms with Crippen LogP contribution in [0.4, 0.5) is 10.5 Å². The number of benzene rings is 3. The molecule has 0 aromatic heterocycles. The predicted octanol–water partition coefficient (Wildman–Crippen LogP) is 6.26. The summed E-state index contributed by atoms with van der Waals surface area (Å²) < 4.78 is 11.0. The standard InChI is InChI=1S/C26H20Cl2N2O5S/c1-34-21-12-17(13-22-25(32)30(26(33)36-22)14-16-7-3-2-4-8-16)11-19(28)24(21)35-15-23(31)29-20-10-6-5-9-18(20)27/h2-13H,14-15H2,1H3,(H,29,31)/b22-13-. The van der Waals surface area contributed by atoms with Gasteiger partial charge in [0.05, 0.1) is 34.3 Å². The van der Waals surface area contributed by atoms with Crippen LogP contribution in [-0.4, -0.2) is 35.7 Å². The second-order valence-corrected chi connectivity index (χ2v) is 9.41. The van der Waals surface area contributed by atoms with Gasteiger partial charge in [-0.2, -0.15) is 0 Å². The molecule has 36 heavy (non-hydrogen) atoms. The minimum absolute atomic E-state index is 0.169. The fraction of sp³-hybridized carbons (Fsp3) is 0.115. The monoisotopic (exact) mass is 542 g/mol. The highest BCUT2D eigenvalue weighted by Crippen LogP contribution is 2.39. The summed E-state index contributed by atoms with van der Waals surface area (Å²) >= 11 is 13.3. The fourth-order valence-corrected chi connectivity index (χ4v) is 4.70. The molecule has 0 unspecified atom stereocenters. The van der Waals surface area contributed by atoms with E-state index in [1.807, 2.05) is 30.3 Å². The molecule has 184 valence electrons. The van der Waals surface area contributed by atoms with E-state index in [1.165, 1.54) is 12.0 Å². The van der Waals surface area contributed by atoms with Crippen molar-refractivity contribution in [3.8, 4) is 11.5 Å². The third kappa shape index (κ3) is 6.02. The van der Waals surface area contributed by atoms with Gasteiger partial charge in [0.1, 0.15) is 0 Å². The molecule has 0 bridgehead atoms. The molecule has 1 saturated heterocycles. The molecule has 1 aliphatic rings. The summed E-state index contributed by atoms with van der Waals surface area (Å²) in [5.41, 5.74) is 1.85. The Labute approximate surface area is 222 Å². The lowest BCUT2D eigenvalue weighted by Gasteiger charge is -2.14. The average molecular weight is 543 g/mol. The van der Waals surface area contributed by atoms with Crippen molar-refractivity contribution in [2.45, 2.75) is 6.54 Å². The molecule has 1 N–H and O–H groups in total. The lowest BCUT2D eigenvalue weighted by atomic mass is 10.1. The zero-order valence-electron chi connectivity index (χ0n) is 19.0. The molecule has 0 saturated carbocycles. The zero-order valence-corrected chi connectivity index (χ0v) is 21.3. The number of rotatable bonds is 8. The lowest BCUT2D eigenvalue weighted by Crippen LogP contribution is -2.27. The number of nitrogens with zero attached hydrogens (tertiary/aromatic N) is 1. The van der Waals surface area contributed by atoms with E-state index < -0.39 is 5.91 Å².